The molecule has 1 aliphatic carbocycles. The van der Waals surface area contributed by atoms with Gasteiger partial charge in [-0.25, -0.2) is 4.79 Å². The Hall–Kier alpha value is -3.19. The zero-order valence-corrected chi connectivity index (χ0v) is 21.4. The Kier molecular flexibility index (Phi) is 5.10. The number of hydrogen-bond acceptors (Lipinski definition) is 5. The summed E-state index contributed by atoms with van der Waals surface area (Å²) in [7, 11) is 0. The Labute approximate surface area is 214 Å². The van der Waals surface area contributed by atoms with Crippen molar-refractivity contribution in [2.24, 2.45) is 0 Å². The molecule has 186 valence electrons. The van der Waals surface area contributed by atoms with Gasteiger partial charge < -0.3 is 9.64 Å². The van der Waals surface area contributed by atoms with E-state index < -0.39 is 11.0 Å². The van der Waals surface area contributed by atoms with Crippen LogP contribution in [-0.4, -0.2) is 45.0 Å². The van der Waals surface area contributed by atoms with Gasteiger partial charge in [-0.3, -0.25) is 14.2 Å². The molecule has 0 radical (unpaired) electrons. The number of rotatable bonds is 1. The number of hydrogen-bond donors (Lipinski definition) is 0. The minimum atomic E-state index is -0.555. The second-order valence-electron chi connectivity index (χ2n) is 11.2. The molecule has 7 nitrogen and oxygen atoms in total. The highest BCUT2D eigenvalue weighted by molar-refractivity contribution is 6.35. The summed E-state index contributed by atoms with van der Waals surface area (Å²) in [6, 6.07) is 11.8. The molecule has 8 heteroatoms. The van der Waals surface area contributed by atoms with Crippen LogP contribution in [0.4, 0.5) is 4.79 Å². The number of ketones is 1. The third-order valence-electron chi connectivity index (χ3n) is 7.69. The van der Waals surface area contributed by atoms with E-state index >= 15 is 0 Å². The maximum atomic E-state index is 13.0. The first-order chi connectivity index (χ1) is 17.1. The Bertz CT molecular complexity index is 1490. The number of aromatic nitrogens is 2. The number of carbonyl (C=O) groups excluding carboxylic acids is 2. The lowest BCUT2D eigenvalue weighted by molar-refractivity contribution is -0.127. The van der Waals surface area contributed by atoms with Gasteiger partial charge in [0.05, 0.1) is 27.0 Å². The molecule has 1 spiro atoms. The summed E-state index contributed by atoms with van der Waals surface area (Å²) < 4.78 is 7.57. The van der Waals surface area contributed by atoms with Crippen LogP contribution in [0.5, 0.6) is 0 Å². The highest BCUT2D eigenvalue weighted by Crippen LogP contribution is 2.54. The molecule has 0 bridgehead atoms. The van der Waals surface area contributed by atoms with Gasteiger partial charge in [-0.05, 0) is 68.9 Å². The van der Waals surface area contributed by atoms with Crippen LogP contribution in [-0.2, 0) is 14.9 Å². The first-order valence-corrected chi connectivity index (χ1v) is 12.8. The quantitative estimate of drug-likeness (QED) is 0.458. The second-order valence-corrected chi connectivity index (χ2v) is 11.6. The summed E-state index contributed by atoms with van der Waals surface area (Å²) in [5, 5.41) is 0.769. The zero-order valence-electron chi connectivity index (χ0n) is 20.6. The van der Waals surface area contributed by atoms with Gasteiger partial charge in [-0.1, -0.05) is 29.8 Å². The highest BCUT2D eigenvalue weighted by atomic mass is 35.5. The number of likely N-dealkylation sites (tertiary alicyclic amines) is 1. The van der Waals surface area contributed by atoms with Crippen molar-refractivity contribution in [1.82, 2.24) is 14.5 Å². The Morgan fingerprint density at radius 1 is 1.11 bits per heavy atom. The molecule has 3 aliphatic rings. The van der Waals surface area contributed by atoms with Crippen molar-refractivity contribution >= 4 is 34.4 Å². The molecule has 0 unspecified atom stereocenters. The lowest BCUT2D eigenvalue weighted by atomic mass is 9.64. The summed E-state index contributed by atoms with van der Waals surface area (Å²) in [5.41, 5.74) is 2.47. The van der Waals surface area contributed by atoms with Gasteiger partial charge in [-0.2, -0.15) is 4.98 Å². The number of ether oxygens (including phenoxy) is 1. The van der Waals surface area contributed by atoms with E-state index in [-0.39, 0.29) is 17.4 Å². The number of carbonyl (C=O) groups is 2. The summed E-state index contributed by atoms with van der Waals surface area (Å²) in [4.78, 5) is 43.9. The molecule has 6 rings (SSSR count). The van der Waals surface area contributed by atoms with Crippen LogP contribution < -0.4 is 5.56 Å². The van der Waals surface area contributed by atoms with E-state index in [0.717, 1.165) is 24.1 Å². The van der Waals surface area contributed by atoms with Crippen molar-refractivity contribution in [3.63, 3.8) is 0 Å². The number of piperidine rings is 1. The number of Topliss-reactive ketones (excluding diaryl/α,β-unsaturated/α-hetero) is 1. The van der Waals surface area contributed by atoms with Gasteiger partial charge in [-0.15, -0.1) is 0 Å². The molecule has 1 aromatic heterocycles. The third kappa shape index (κ3) is 3.47. The molecular weight excluding hydrogens is 478 g/mol. The van der Waals surface area contributed by atoms with Crippen LogP contribution in [0.15, 0.2) is 41.2 Å². The van der Waals surface area contributed by atoms with Crippen LogP contribution in [0.25, 0.3) is 16.6 Å². The number of fused-ring (bicyclic) bond motifs is 7. The molecule has 0 atom stereocenters. The van der Waals surface area contributed by atoms with E-state index in [2.05, 4.69) is 23.2 Å². The zero-order chi connectivity index (χ0) is 25.4. The summed E-state index contributed by atoms with van der Waals surface area (Å²) in [5.74, 6) is 1.10. The molecule has 1 saturated heterocycles. The lowest BCUT2D eigenvalue weighted by Crippen LogP contribution is -2.43. The largest absolute Gasteiger partial charge is 0.444 e. The maximum Gasteiger partial charge on any atom is 0.410 e. The Morgan fingerprint density at radius 2 is 1.83 bits per heavy atom. The van der Waals surface area contributed by atoms with E-state index in [9.17, 15) is 14.4 Å². The average Bonchev–Trinajstić information content (AvgIpc) is 3.08. The predicted octanol–water partition coefficient (Wildman–Crippen LogP) is 5.12. The van der Waals surface area contributed by atoms with Gasteiger partial charge in [0.2, 0.25) is 0 Å². The van der Waals surface area contributed by atoms with Crippen molar-refractivity contribution in [1.29, 1.82) is 0 Å². The van der Waals surface area contributed by atoms with Crippen LogP contribution in [0.2, 0.25) is 5.02 Å². The molecule has 36 heavy (non-hydrogen) atoms. The fourth-order valence-corrected chi connectivity index (χ4v) is 6.25. The fraction of sp³-hybridized carbons (Fsp3) is 0.429. The molecule has 2 aromatic carbocycles. The van der Waals surface area contributed by atoms with Crippen molar-refractivity contribution in [2.45, 2.75) is 63.4 Å². The molecule has 1 amide bonds. The smallest absolute Gasteiger partial charge is 0.410 e. The van der Waals surface area contributed by atoms with Crippen molar-refractivity contribution < 1.29 is 14.3 Å². The van der Waals surface area contributed by atoms with Gasteiger partial charge in [0.1, 0.15) is 17.2 Å². The van der Waals surface area contributed by atoms with Gasteiger partial charge in [0, 0.05) is 25.9 Å². The molecule has 2 fully saturated rings. The average molecular weight is 506 g/mol. The molecule has 0 N–H and O–H groups in total. The van der Waals surface area contributed by atoms with Gasteiger partial charge in [0.25, 0.3) is 5.56 Å². The van der Waals surface area contributed by atoms with E-state index in [1.54, 1.807) is 11.0 Å². The van der Waals surface area contributed by atoms with E-state index in [4.69, 9.17) is 16.3 Å². The normalized spacial score (nSPS) is 18.8. The van der Waals surface area contributed by atoms with Gasteiger partial charge >= 0.3 is 6.09 Å². The van der Waals surface area contributed by atoms with E-state index in [0.29, 0.717) is 53.6 Å². The third-order valence-corrected chi connectivity index (χ3v) is 8.00. The molecular formula is C28H28ClN3O4. The Balaban J connectivity index is 1.38. The topological polar surface area (TPSA) is 81.5 Å². The number of nitrogens with zero attached hydrogens (tertiary/aromatic N) is 3. The maximum absolute atomic E-state index is 13.0. The van der Waals surface area contributed by atoms with Crippen molar-refractivity contribution in [3.8, 4) is 5.69 Å². The fourth-order valence-electron chi connectivity index (χ4n) is 6.00. The summed E-state index contributed by atoms with van der Waals surface area (Å²) in [6.45, 7) is 6.90. The SMILES string of the molecule is CC(C)(C)OC(=O)N1CCC(c2ccc3c(c2)-n2c(nc(=O)c4c(Cl)cccc42)C32CC(=O)C2)CC1. The second kappa shape index (κ2) is 7.90. The van der Waals surface area contributed by atoms with Crippen LogP contribution in [0.1, 0.15) is 69.3 Å². The predicted molar refractivity (Wildman–Crippen MR) is 137 cm³/mol. The number of amides is 1. The number of benzene rings is 2. The monoisotopic (exact) mass is 505 g/mol. The first kappa shape index (κ1) is 23.2. The number of halogens is 1. The molecule has 3 heterocycles. The van der Waals surface area contributed by atoms with Crippen molar-refractivity contribution in [2.75, 3.05) is 13.1 Å². The highest BCUT2D eigenvalue weighted by Gasteiger charge is 2.54. The lowest BCUT2D eigenvalue weighted by Gasteiger charge is -2.37. The minimum Gasteiger partial charge on any atom is -0.444 e. The minimum absolute atomic E-state index is 0.174. The van der Waals surface area contributed by atoms with Gasteiger partial charge in [0.15, 0.2) is 0 Å². The molecule has 3 aromatic rings. The van der Waals surface area contributed by atoms with Crippen LogP contribution >= 0.6 is 11.6 Å². The van der Waals surface area contributed by atoms with E-state index in [1.165, 1.54) is 5.56 Å². The molecule has 2 aliphatic heterocycles. The summed E-state index contributed by atoms with van der Waals surface area (Å²) in [6.07, 6.45) is 2.12. The standard InChI is InChI=1S/C28H28ClN3O4/c1-27(2,3)36-26(35)31-11-9-16(10-12-31)17-7-8-19-22(13-17)32-21-6-4-5-20(29)23(21)24(34)30-25(32)28(19)14-18(33)15-28/h4-8,13,16H,9-12,14-15H2,1-3H3. The van der Waals surface area contributed by atoms with Crippen LogP contribution in [0, 0.1) is 0 Å². The Morgan fingerprint density at radius 3 is 2.50 bits per heavy atom. The first-order valence-electron chi connectivity index (χ1n) is 12.4. The van der Waals surface area contributed by atoms with Crippen LogP contribution in [0.3, 0.4) is 0 Å². The summed E-state index contributed by atoms with van der Waals surface area (Å²) >= 11 is 6.42. The van der Waals surface area contributed by atoms with E-state index in [1.807, 2.05) is 37.5 Å². The molecule has 1 saturated carbocycles. The van der Waals surface area contributed by atoms with Crippen molar-refractivity contribution in [3.05, 3.63) is 68.7 Å².